The zero-order valence-electron chi connectivity index (χ0n) is 16.1. The molecule has 1 amide bonds. The lowest BCUT2D eigenvalue weighted by Crippen LogP contribution is -2.30. The fourth-order valence-corrected chi connectivity index (χ4v) is 4.70. The average Bonchev–Trinajstić information content (AvgIpc) is 2.99. The van der Waals surface area contributed by atoms with Crippen molar-refractivity contribution >= 4 is 15.7 Å². The van der Waals surface area contributed by atoms with Gasteiger partial charge in [0, 0.05) is 6.54 Å². The first-order valence-electron chi connectivity index (χ1n) is 9.92. The lowest BCUT2D eigenvalue weighted by molar-refractivity contribution is 0.0922. The van der Waals surface area contributed by atoms with Crippen LogP contribution < -0.4 is 5.32 Å². The predicted molar refractivity (Wildman–Crippen MR) is 108 cm³/mol. The van der Waals surface area contributed by atoms with E-state index in [9.17, 15) is 13.2 Å². The standard InChI is InChI=1S/C21H28N2O4S/c24-21(22-13-8-16-23-14-6-1-2-7-15-23)20-12-11-18(27-20)17-28(25,26)19-9-4-3-5-10-19/h3-5,9-12H,1-2,6-8,13-17H2,(H,22,24). The highest BCUT2D eigenvalue weighted by molar-refractivity contribution is 7.90. The number of carbonyl (C=O) groups is 1. The van der Waals surface area contributed by atoms with Crippen molar-refractivity contribution in [1.29, 1.82) is 0 Å². The quantitative estimate of drug-likeness (QED) is 0.683. The van der Waals surface area contributed by atoms with Crippen molar-refractivity contribution in [2.75, 3.05) is 26.2 Å². The molecule has 1 aliphatic heterocycles. The number of likely N-dealkylation sites (tertiary alicyclic amines) is 1. The fraction of sp³-hybridized carbons (Fsp3) is 0.476. The molecule has 152 valence electrons. The minimum Gasteiger partial charge on any atom is -0.455 e. The van der Waals surface area contributed by atoms with Crippen molar-refractivity contribution < 1.29 is 17.6 Å². The molecular weight excluding hydrogens is 376 g/mol. The van der Waals surface area contributed by atoms with Gasteiger partial charge in [0.25, 0.3) is 5.91 Å². The van der Waals surface area contributed by atoms with Crippen LogP contribution in [0.4, 0.5) is 0 Å². The summed E-state index contributed by atoms with van der Waals surface area (Å²) in [6.07, 6.45) is 6.03. The van der Waals surface area contributed by atoms with Crippen LogP contribution >= 0.6 is 0 Å². The van der Waals surface area contributed by atoms with Crippen LogP contribution in [0.25, 0.3) is 0 Å². The Morgan fingerprint density at radius 2 is 1.71 bits per heavy atom. The summed E-state index contributed by atoms with van der Waals surface area (Å²) in [4.78, 5) is 14.9. The summed E-state index contributed by atoms with van der Waals surface area (Å²) >= 11 is 0. The van der Waals surface area contributed by atoms with Gasteiger partial charge < -0.3 is 14.6 Å². The molecule has 0 unspecified atom stereocenters. The van der Waals surface area contributed by atoms with E-state index in [1.54, 1.807) is 36.4 Å². The third-order valence-electron chi connectivity index (χ3n) is 4.96. The van der Waals surface area contributed by atoms with E-state index in [0.717, 1.165) is 26.1 Å². The zero-order valence-corrected chi connectivity index (χ0v) is 16.9. The Morgan fingerprint density at radius 3 is 2.43 bits per heavy atom. The van der Waals surface area contributed by atoms with Gasteiger partial charge >= 0.3 is 0 Å². The molecule has 1 N–H and O–H groups in total. The van der Waals surface area contributed by atoms with E-state index in [0.29, 0.717) is 6.54 Å². The SMILES string of the molecule is O=C(NCCCN1CCCCCC1)c1ccc(CS(=O)(=O)c2ccccc2)o1. The van der Waals surface area contributed by atoms with Gasteiger partial charge in [-0.2, -0.15) is 0 Å². The number of sulfone groups is 1. The van der Waals surface area contributed by atoms with Crippen molar-refractivity contribution in [3.05, 3.63) is 54.0 Å². The smallest absolute Gasteiger partial charge is 0.286 e. The van der Waals surface area contributed by atoms with Crippen LogP contribution in [0.2, 0.25) is 0 Å². The van der Waals surface area contributed by atoms with Crippen molar-refractivity contribution in [2.45, 2.75) is 42.8 Å². The molecule has 0 bridgehead atoms. The number of carbonyl (C=O) groups excluding carboxylic acids is 1. The maximum absolute atomic E-state index is 12.4. The van der Waals surface area contributed by atoms with E-state index in [2.05, 4.69) is 10.2 Å². The predicted octanol–water partition coefficient (Wildman–Crippen LogP) is 3.25. The maximum atomic E-state index is 12.4. The number of furan rings is 1. The minimum absolute atomic E-state index is 0.146. The van der Waals surface area contributed by atoms with Crippen LogP contribution in [0.5, 0.6) is 0 Å². The number of nitrogens with one attached hydrogen (secondary N) is 1. The van der Waals surface area contributed by atoms with E-state index >= 15 is 0 Å². The molecule has 0 spiro atoms. The molecule has 2 heterocycles. The second kappa shape index (κ2) is 9.89. The van der Waals surface area contributed by atoms with Crippen molar-refractivity contribution in [2.24, 2.45) is 0 Å². The molecule has 1 aliphatic rings. The first-order valence-corrected chi connectivity index (χ1v) is 11.6. The van der Waals surface area contributed by atoms with Gasteiger partial charge in [0.05, 0.1) is 4.90 Å². The van der Waals surface area contributed by atoms with Gasteiger partial charge in [0.15, 0.2) is 15.6 Å². The van der Waals surface area contributed by atoms with Crippen LogP contribution in [0.15, 0.2) is 51.8 Å². The Kier molecular flexibility index (Phi) is 7.28. The van der Waals surface area contributed by atoms with E-state index < -0.39 is 9.84 Å². The van der Waals surface area contributed by atoms with E-state index in [4.69, 9.17) is 4.42 Å². The molecule has 0 radical (unpaired) electrons. The number of amides is 1. The van der Waals surface area contributed by atoms with Gasteiger partial charge in [-0.25, -0.2) is 8.42 Å². The molecule has 1 fully saturated rings. The maximum Gasteiger partial charge on any atom is 0.286 e. The minimum atomic E-state index is -3.49. The molecule has 0 aliphatic carbocycles. The summed E-state index contributed by atoms with van der Waals surface area (Å²) in [5.74, 6) is -0.162. The topological polar surface area (TPSA) is 79.6 Å². The summed E-state index contributed by atoms with van der Waals surface area (Å²) in [6, 6.07) is 11.3. The van der Waals surface area contributed by atoms with Gasteiger partial charge in [-0.3, -0.25) is 4.79 Å². The summed E-state index contributed by atoms with van der Waals surface area (Å²) in [6.45, 7) is 3.85. The Bertz CT molecular complexity index is 854. The molecule has 0 saturated carbocycles. The van der Waals surface area contributed by atoms with Gasteiger partial charge in [-0.1, -0.05) is 31.0 Å². The molecule has 1 saturated heterocycles. The third-order valence-corrected chi connectivity index (χ3v) is 6.61. The van der Waals surface area contributed by atoms with Crippen molar-refractivity contribution in [1.82, 2.24) is 10.2 Å². The fourth-order valence-electron chi connectivity index (χ4n) is 3.43. The molecule has 7 heteroatoms. The number of hydrogen-bond acceptors (Lipinski definition) is 5. The van der Waals surface area contributed by atoms with E-state index in [1.807, 2.05) is 0 Å². The molecule has 1 aromatic carbocycles. The van der Waals surface area contributed by atoms with Crippen LogP contribution in [0.3, 0.4) is 0 Å². The normalized spacial score (nSPS) is 15.9. The molecule has 28 heavy (non-hydrogen) atoms. The second-order valence-electron chi connectivity index (χ2n) is 7.20. The summed E-state index contributed by atoms with van der Waals surface area (Å²) in [5.41, 5.74) is 0. The van der Waals surface area contributed by atoms with Crippen LogP contribution in [-0.2, 0) is 15.6 Å². The Balaban J connectivity index is 1.46. The van der Waals surface area contributed by atoms with Crippen molar-refractivity contribution in [3.8, 4) is 0 Å². The highest BCUT2D eigenvalue weighted by Crippen LogP contribution is 2.18. The van der Waals surface area contributed by atoms with Gasteiger partial charge in [-0.15, -0.1) is 0 Å². The monoisotopic (exact) mass is 404 g/mol. The van der Waals surface area contributed by atoms with Crippen molar-refractivity contribution in [3.63, 3.8) is 0 Å². The average molecular weight is 405 g/mol. The molecule has 0 atom stereocenters. The first-order chi connectivity index (χ1) is 13.5. The summed E-state index contributed by atoms with van der Waals surface area (Å²) in [5, 5.41) is 2.85. The molecule has 2 aromatic rings. The Hall–Kier alpha value is -2.12. The third kappa shape index (κ3) is 5.94. The number of nitrogens with zero attached hydrogens (tertiary/aromatic N) is 1. The highest BCUT2D eigenvalue weighted by Gasteiger charge is 2.19. The Labute approximate surface area is 166 Å². The highest BCUT2D eigenvalue weighted by atomic mass is 32.2. The summed E-state index contributed by atoms with van der Waals surface area (Å²) < 4.78 is 30.3. The summed E-state index contributed by atoms with van der Waals surface area (Å²) in [7, 11) is -3.49. The molecule has 1 aromatic heterocycles. The first kappa shape index (κ1) is 20.6. The van der Waals surface area contributed by atoms with Gasteiger partial charge in [-0.05, 0) is 63.2 Å². The largest absolute Gasteiger partial charge is 0.455 e. The number of rotatable bonds is 8. The van der Waals surface area contributed by atoms with Gasteiger partial charge in [0.2, 0.25) is 0 Å². The molecule has 6 nitrogen and oxygen atoms in total. The van der Waals surface area contributed by atoms with Crippen LogP contribution in [0.1, 0.15) is 48.4 Å². The van der Waals surface area contributed by atoms with Crippen LogP contribution in [0, 0.1) is 0 Å². The number of hydrogen-bond donors (Lipinski definition) is 1. The molecular formula is C21H28N2O4S. The van der Waals surface area contributed by atoms with Gasteiger partial charge in [0.1, 0.15) is 11.5 Å². The molecule has 3 rings (SSSR count). The Morgan fingerprint density at radius 1 is 1.00 bits per heavy atom. The van der Waals surface area contributed by atoms with E-state index in [-0.39, 0.29) is 28.1 Å². The van der Waals surface area contributed by atoms with Crippen LogP contribution in [-0.4, -0.2) is 45.4 Å². The van der Waals surface area contributed by atoms with E-state index in [1.165, 1.54) is 31.7 Å². The lowest BCUT2D eigenvalue weighted by atomic mass is 10.2. The second-order valence-corrected chi connectivity index (χ2v) is 9.19. The lowest BCUT2D eigenvalue weighted by Gasteiger charge is -2.19. The number of benzene rings is 1. The zero-order chi connectivity index (χ0) is 19.8.